The molecule has 0 aliphatic rings. The van der Waals surface area contributed by atoms with E-state index in [0.29, 0.717) is 17.1 Å². The van der Waals surface area contributed by atoms with Crippen LogP contribution in [0, 0.1) is 6.92 Å². The van der Waals surface area contributed by atoms with Gasteiger partial charge in [0.05, 0.1) is 11.8 Å². The zero-order valence-electron chi connectivity index (χ0n) is 14.4. The fourth-order valence-electron chi connectivity index (χ4n) is 2.54. The zero-order chi connectivity index (χ0) is 19.4. The number of carbonyl (C=O) groups excluding carboxylic acids is 1. The Balaban J connectivity index is 1.58. The summed E-state index contributed by atoms with van der Waals surface area (Å²) >= 11 is 1.14. The smallest absolute Gasteiger partial charge is 0.351 e. The fourth-order valence-corrected chi connectivity index (χ4v) is 3.34. The number of benzene rings is 1. The average Bonchev–Trinajstić information content (AvgIpc) is 3.27. The standard InChI is InChI=1S/C18H17F3N4OS/c1-11-13(9-23-25-11)5-3-7-22-16(26)15-10-27-17(24-15)12-4-2-6-14(8-12)18(19,20)21/h2,4,6,8-10H,3,5,7H2,1H3,(H,22,26)(H,23,25). The lowest BCUT2D eigenvalue weighted by Crippen LogP contribution is -2.25. The number of thiazole rings is 1. The first kappa shape index (κ1) is 19.1. The zero-order valence-corrected chi connectivity index (χ0v) is 15.2. The van der Waals surface area contributed by atoms with E-state index in [-0.39, 0.29) is 11.6 Å². The van der Waals surface area contributed by atoms with Crippen LogP contribution in [0.1, 0.15) is 33.7 Å². The predicted molar refractivity (Wildman–Crippen MR) is 96.5 cm³/mol. The molecule has 3 rings (SSSR count). The molecule has 27 heavy (non-hydrogen) atoms. The van der Waals surface area contributed by atoms with E-state index in [4.69, 9.17) is 0 Å². The van der Waals surface area contributed by atoms with Crippen molar-refractivity contribution in [2.24, 2.45) is 0 Å². The Hall–Kier alpha value is -2.68. The van der Waals surface area contributed by atoms with Crippen molar-refractivity contribution in [3.8, 4) is 10.6 Å². The third-order valence-corrected chi connectivity index (χ3v) is 4.91. The molecule has 5 nitrogen and oxygen atoms in total. The topological polar surface area (TPSA) is 70.7 Å². The van der Waals surface area contributed by atoms with Crippen molar-refractivity contribution in [2.45, 2.75) is 25.9 Å². The van der Waals surface area contributed by atoms with Gasteiger partial charge >= 0.3 is 6.18 Å². The van der Waals surface area contributed by atoms with Gasteiger partial charge in [-0.1, -0.05) is 12.1 Å². The van der Waals surface area contributed by atoms with Crippen LogP contribution in [-0.2, 0) is 12.6 Å². The maximum Gasteiger partial charge on any atom is 0.416 e. The van der Waals surface area contributed by atoms with Crippen LogP contribution in [0.5, 0.6) is 0 Å². The molecule has 1 amide bonds. The number of aromatic amines is 1. The van der Waals surface area contributed by atoms with Gasteiger partial charge in [0.2, 0.25) is 0 Å². The van der Waals surface area contributed by atoms with Gasteiger partial charge in [0, 0.05) is 23.2 Å². The number of aryl methyl sites for hydroxylation is 2. The summed E-state index contributed by atoms with van der Waals surface area (Å²) in [5.74, 6) is -0.339. The van der Waals surface area contributed by atoms with Crippen LogP contribution >= 0.6 is 11.3 Å². The van der Waals surface area contributed by atoms with Crippen LogP contribution in [-0.4, -0.2) is 27.6 Å². The Morgan fingerprint density at radius 3 is 2.85 bits per heavy atom. The van der Waals surface area contributed by atoms with Crippen LogP contribution in [0.4, 0.5) is 13.2 Å². The summed E-state index contributed by atoms with van der Waals surface area (Å²) < 4.78 is 38.5. The van der Waals surface area contributed by atoms with Crippen LogP contribution < -0.4 is 5.32 Å². The van der Waals surface area contributed by atoms with Gasteiger partial charge in [-0.3, -0.25) is 9.89 Å². The second kappa shape index (κ2) is 7.91. The van der Waals surface area contributed by atoms with Gasteiger partial charge in [-0.25, -0.2) is 4.98 Å². The molecule has 0 atom stereocenters. The third-order valence-electron chi connectivity index (χ3n) is 4.02. The molecule has 0 bridgehead atoms. The monoisotopic (exact) mass is 394 g/mol. The molecule has 0 aliphatic carbocycles. The summed E-state index contributed by atoms with van der Waals surface area (Å²) in [4.78, 5) is 16.3. The van der Waals surface area contributed by atoms with Gasteiger partial charge in [0.1, 0.15) is 10.7 Å². The Morgan fingerprint density at radius 2 is 2.15 bits per heavy atom. The first-order chi connectivity index (χ1) is 12.8. The summed E-state index contributed by atoms with van der Waals surface area (Å²) in [6.45, 7) is 2.41. The minimum absolute atomic E-state index is 0.201. The van der Waals surface area contributed by atoms with E-state index < -0.39 is 11.7 Å². The van der Waals surface area contributed by atoms with Crippen molar-refractivity contribution in [1.29, 1.82) is 0 Å². The second-order valence-electron chi connectivity index (χ2n) is 6.00. The van der Waals surface area contributed by atoms with Crippen LogP contribution in [0.25, 0.3) is 10.6 Å². The molecular formula is C18H17F3N4OS. The molecule has 1 aromatic carbocycles. The Labute approximate surface area is 157 Å². The van der Waals surface area contributed by atoms with E-state index >= 15 is 0 Å². The van der Waals surface area contributed by atoms with Gasteiger partial charge in [-0.15, -0.1) is 11.3 Å². The SMILES string of the molecule is Cc1[nH]ncc1CCCNC(=O)c1csc(-c2cccc(C(F)(F)F)c2)n1. The van der Waals surface area contributed by atoms with E-state index in [1.807, 2.05) is 6.92 Å². The van der Waals surface area contributed by atoms with Gasteiger partial charge in [-0.05, 0) is 37.5 Å². The van der Waals surface area contributed by atoms with E-state index in [2.05, 4.69) is 20.5 Å². The van der Waals surface area contributed by atoms with Crippen molar-refractivity contribution >= 4 is 17.2 Å². The largest absolute Gasteiger partial charge is 0.416 e. The first-order valence-electron chi connectivity index (χ1n) is 8.25. The van der Waals surface area contributed by atoms with E-state index in [1.54, 1.807) is 17.6 Å². The number of rotatable bonds is 6. The van der Waals surface area contributed by atoms with Gasteiger partial charge < -0.3 is 5.32 Å². The van der Waals surface area contributed by atoms with E-state index in [1.165, 1.54) is 6.07 Å². The molecule has 0 aliphatic heterocycles. The van der Waals surface area contributed by atoms with E-state index in [0.717, 1.165) is 47.6 Å². The average molecular weight is 394 g/mol. The number of hydrogen-bond donors (Lipinski definition) is 2. The van der Waals surface area contributed by atoms with Crippen LogP contribution in [0.3, 0.4) is 0 Å². The molecule has 0 unspecified atom stereocenters. The van der Waals surface area contributed by atoms with Gasteiger partial charge in [-0.2, -0.15) is 18.3 Å². The highest BCUT2D eigenvalue weighted by molar-refractivity contribution is 7.13. The number of halogens is 3. The normalized spacial score (nSPS) is 11.6. The molecular weight excluding hydrogens is 377 g/mol. The summed E-state index contributed by atoms with van der Waals surface area (Å²) in [6, 6.07) is 4.92. The predicted octanol–water partition coefficient (Wildman–Crippen LogP) is 4.22. The number of amides is 1. The van der Waals surface area contributed by atoms with Crippen LogP contribution in [0.2, 0.25) is 0 Å². The fraction of sp³-hybridized carbons (Fsp3) is 0.278. The molecule has 0 saturated carbocycles. The minimum Gasteiger partial charge on any atom is -0.351 e. The number of nitrogens with zero attached hydrogens (tertiary/aromatic N) is 2. The number of alkyl halides is 3. The van der Waals surface area contributed by atoms with Crippen molar-refractivity contribution in [3.63, 3.8) is 0 Å². The lowest BCUT2D eigenvalue weighted by atomic mass is 10.1. The molecule has 142 valence electrons. The number of hydrogen-bond acceptors (Lipinski definition) is 4. The molecule has 0 radical (unpaired) electrons. The molecule has 0 fully saturated rings. The number of H-pyrrole nitrogens is 1. The van der Waals surface area contributed by atoms with Crippen molar-refractivity contribution < 1.29 is 18.0 Å². The quantitative estimate of drug-likeness (QED) is 0.615. The molecule has 9 heteroatoms. The van der Waals surface area contributed by atoms with Gasteiger partial charge in [0.25, 0.3) is 5.91 Å². The molecule has 2 heterocycles. The van der Waals surface area contributed by atoms with Gasteiger partial charge in [0.15, 0.2) is 0 Å². The molecule has 2 aromatic heterocycles. The van der Waals surface area contributed by atoms with Crippen molar-refractivity contribution in [1.82, 2.24) is 20.5 Å². The lowest BCUT2D eigenvalue weighted by molar-refractivity contribution is -0.137. The Bertz CT molecular complexity index is 933. The molecule has 3 aromatic rings. The highest BCUT2D eigenvalue weighted by Gasteiger charge is 2.30. The maximum atomic E-state index is 12.8. The molecule has 0 saturated heterocycles. The molecule has 2 N–H and O–H groups in total. The van der Waals surface area contributed by atoms with Crippen molar-refractivity contribution in [3.05, 3.63) is 58.4 Å². The molecule has 0 spiro atoms. The number of carbonyl (C=O) groups is 1. The highest BCUT2D eigenvalue weighted by atomic mass is 32.1. The van der Waals surface area contributed by atoms with Crippen LogP contribution in [0.15, 0.2) is 35.8 Å². The summed E-state index contributed by atoms with van der Waals surface area (Å²) in [5.41, 5.74) is 1.91. The van der Waals surface area contributed by atoms with E-state index in [9.17, 15) is 18.0 Å². The summed E-state index contributed by atoms with van der Waals surface area (Å²) in [6.07, 6.45) is -1.12. The lowest BCUT2D eigenvalue weighted by Gasteiger charge is -2.07. The summed E-state index contributed by atoms with van der Waals surface area (Å²) in [5, 5.41) is 11.5. The minimum atomic E-state index is -4.42. The van der Waals surface area contributed by atoms with Crippen molar-refractivity contribution in [2.75, 3.05) is 6.54 Å². The Kier molecular flexibility index (Phi) is 5.59. The maximum absolute atomic E-state index is 12.8. The second-order valence-corrected chi connectivity index (χ2v) is 6.85. The summed E-state index contributed by atoms with van der Waals surface area (Å²) in [7, 11) is 0. The Morgan fingerprint density at radius 1 is 1.33 bits per heavy atom. The highest BCUT2D eigenvalue weighted by Crippen LogP contribution is 2.33. The number of nitrogens with one attached hydrogen (secondary N) is 2. The third kappa shape index (κ3) is 4.73. The number of aromatic nitrogens is 3. The first-order valence-corrected chi connectivity index (χ1v) is 9.13.